The maximum Gasteiger partial charge on any atom is 0.125 e. The van der Waals surface area contributed by atoms with Crippen molar-refractivity contribution in [2.75, 3.05) is 19.7 Å². The Kier molecular flexibility index (Phi) is 3.27. The number of rotatable bonds is 4. The lowest BCUT2D eigenvalue weighted by Crippen LogP contribution is -2.46. The van der Waals surface area contributed by atoms with Crippen molar-refractivity contribution in [3.63, 3.8) is 0 Å². The molecule has 1 aromatic rings. The van der Waals surface area contributed by atoms with Crippen molar-refractivity contribution in [3.05, 3.63) is 29.8 Å². The average molecular weight is 247 g/mol. The summed E-state index contributed by atoms with van der Waals surface area (Å²) >= 11 is 0. The molecule has 18 heavy (non-hydrogen) atoms. The highest BCUT2D eigenvalue weighted by Gasteiger charge is 2.35. The van der Waals surface area contributed by atoms with E-state index in [9.17, 15) is 5.11 Å². The molecule has 0 spiro atoms. The van der Waals surface area contributed by atoms with Crippen LogP contribution in [0, 0.1) is 5.92 Å². The molecule has 0 aromatic heterocycles. The van der Waals surface area contributed by atoms with Gasteiger partial charge in [0.25, 0.3) is 0 Å². The van der Waals surface area contributed by atoms with Gasteiger partial charge in [-0.25, -0.2) is 0 Å². The van der Waals surface area contributed by atoms with Crippen LogP contribution in [-0.2, 0) is 0 Å². The van der Waals surface area contributed by atoms with Gasteiger partial charge in [-0.3, -0.25) is 4.90 Å². The van der Waals surface area contributed by atoms with Gasteiger partial charge in [-0.1, -0.05) is 25.1 Å². The minimum Gasteiger partial charge on any atom is -0.491 e. The second-order valence-corrected chi connectivity index (χ2v) is 5.39. The first kappa shape index (κ1) is 12.0. The number of aliphatic hydroxyl groups is 1. The number of hydrogen-bond donors (Lipinski definition) is 1. The van der Waals surface area contributed by atoms with E-state index < -0.39 is 6.10 Å². The van der Waals surface area contributed by atoms with Gasteiger partial charge in [0.05, 0.1) is 6.04 Å². The van der Waals surface area contributed by atoms with E-state index in [0.717, 1.165) is 30.3 Å². The first-order valence-corrected chi connectivity index (χ1v) is 6.93. The lowest BCUT2D eigenvalue weighted by molar-refractivity contribution is 0.00362. The molecular weight excluding hydrogens is 226 g/mol. The quantitative estimate of drug-likeness (QED) is 0.885. The Bertz CT molecular complexity index is 417. The third-order valence-electron chi connectivity index (χ3n) is 4.08. The third kappa shape index (κ3) is 2.25. The molecule has 1 fully saturated rings. The fourth-order valence-electron chi connectivity index (χ4n) is 2.77. The van der Waals surface area contributed by atoms with Crippen LogP contribution < -0.4 is 4.74 Å². The molecular formula is C15H21NO2. The van der Waals surface area contributed by atoms with E-state index in [1.807, 2.05) is 24.3 Å². The smallest absolute Gasteiger partial charge is 0.125 e. The molecule has 3 heteroatoms. The molecule has 1 saturated carbocycles. The maximum absolute atomic E-state index is 10.5. The summed E-state index contributed by atoms with van der Waals surface area (Å²) in [7, 11) is 0. The number of aliphatic hydroxyl groups excluding tert-OH is 1. The van der Waals surface area contributed by atoms with Crippen LogP contribution in [0.15, 0.2) is 24.3 Å². The van der Waals surface area contributed by atoms with Crippen LogP contribution in [0.3, 0.4) is 0 Å². The monoisotopic (exact) mass is 247 g/mol. The van der Waals surface area contributed by atoms with E-state index in [4.69, 9.17) is 4.74 Å². The first-order valence-electron chi connectivity index (χ1n) is 6.93. The summed E-state index contributed by atoms with van der Waals surface area (Å²) in [5.74, 6) is 1.68. The van der Waals surface area contributed by atoms with Crippen LogP contribution in [0.4, 0.5) is 0 Å². The van der Waals surface area contributed by atoms with Crippen molar-refractivity contribution in [1.29, 1.82) is 0 Å². The van der Waals surface area contributed by atoms with Crippen LogP contribution in [-0.4, -0.2) is 35.7 Å². The molecule has 1 heterocycles. The zero-order valence-corrected chi connectivity index (χ0v) is 10.9. The zero-order chi connectivity index (χ0) is 12.5. The number of hydrogen-bond acceptors (Lipinski definition) is 3. The predicted molar refractivity (Wildman–Crippen MR) is 70.7 cm³/mol. The van der Waals surface area contributed by atoms with Crippen molar-refractivity contribution < 1.29 is 9.84 Å². The second-order valence-electron chi connectivity index (χ2n) is 5.39. The Morgan fingerprint density at radius 3 is 2.83 bits per heavy atom. The van der Waals surface area contributed by atoms with E-state index >= 15 is 0 Å². The number of likely N-dealkylation sites (N-methyl/N-ethyl adjacent to an activating group) is 1. The summed E-state index contributed by atoms with van der Waals surface area (Å²) in [6, 6.07) is 7.92. The number of benzene rings is 1. The summed E-state index contributed by atoms with van der Waals surface area (Å²) in [6.45, 7) is 4.84. The molecule has 0 bridgehead atoms. The Morgan fingerprint density at radius 1 is 1.33 bits per heavy atom. The van der Waals surface area contributed by atoms with E-state index in [2.05, 4.69) is 11.8 Å². The minimum atomic E-state index is -0.423. The van der Waals surface area contributed by atoms with Crippen molar-refractivity contribution in [3.8, 4) is 5.75 Å². The van der Waals surface area contributed by atoms with Gasteiger partial charge in [0.1, 0.15) is 18.5 Å². The second kappa shape index (κ2) is 4.90. The molecule has 2 unspecified atom stereocenters. The fraction of sp³-hybridized carbons (Fsp3) is 0.600. The zero-order valence-electron chi connectivity index (χ0n) is 10.9. The highest BCUT2D eigenvalue weighted by Crippen LogP contribution is 2.36. The Hall–Kier alpha value is -1.06. The molecule has 1 N–H and O–H groups in total. The van der Waals surface area contributed by atoms with Gasteiger partial charge in [-0.15, -0.1) is 0 Å². The van der Waals surface area contributed by atoms with E-state index in [0.29, 0.717) is 6.61 Å². The molecule has 1 aliphatic heterocycles. The molecule has 3 rings (SSSR count). The van der Waals surface area contributed by atoms with E-state index in [1.54, 1.807) is 0 Å². The molecule has 0 saturated heterocycles. The van der Waals surface area contributed by atoms with Crippen LogP contribution in [0.25, 0.3) is 0 Å². The number of nitrogens with zero attached hydrogens (tertiary/aromatic N) is 1. The van der Waals surface area contributed by atoms with Crippen LogP contribution in [0.5, 0.6) is 5.75 Å². The molecule has 2 atom stereocenters. The Balaban J connectivity index is 1.77. The highest BCUT2D eigenvalue weighted by molar-refractivity contribution is 5.37. The summed E-state index contributed by atoms with van der Waals surface area (Å²) in [6.07, 6.45) is 2.27. The molecule has 2 aliphatic rings. The molecule has 3 nitrogen and oxygen atoms in total. The predicted octanol–water partition coefficient (Wildman–Crippen LogP) is 2.21. The third-order valence-corrected chi connectivity index (χ3v) is 4.08. The summed E-state index contributed by atoms with van der Waals surface area (Å²) in [4.78, 5) is 2.37. The van der Waals surface area contributed by atoms with Crippen molar-refractivity contribution in [1.82, 2.24) is 4.90 Å². The van der Waals surface area contributed by atoms with Crippen LogP contribution in [0.2, 0.25) is 0 Å². The molecule has 0 amide bonds. The number of ether oxygens (including phenoxy) is 1. The van der Waals surface area contributed by atoms with Crippen molar-refractivity contribution in [2.45, 2.75) is 31.9 Å². The van der Waals surface area contributed by atoms with Crippen LogP contribution in [0.1, 0.15) is 31.4 Å². The van der Waals surface area contributed by atoms with Crippen molar-refractivity contribution >= 4 is 0 Å². The average Bonchev–Trinajstić information content (AvgIpc) is 3.21. The largest absolute Gasteiger partial charge is 0.491 e. The van der Waals surface area contributed by atoms with Gasteiger partial charge >= 0.3 is 0 Å². The number of para-hydroxylation sites is 1. The normalized spacial score (nSPS) is 26.8. The van der Waals surface area contributed by atoms with Crippen molar-refractivity contribution in [2.24, 2.45) is 5.92 Å². The lowest BCUT2D eigenvalue weighted by Gasteiger charge is -2.38. The van der Waals surface area contributed by atoms with E-state index in [-0.39, 0.29) is 6.04 Å². The van der Waals surface area contributed by atoms with Gasteiger partial charge in [0, 0.05) is 12.1 Å². The fourth-order valence-corrected chi connectivity index (χ4v) is 2.77. The maximum atomic E-state index is 10.5. The van der Waals surface area contributed by atoms with Gasteiger partial charge in [0.2, 0.25) is 0 Å². The van der Waals surface area contributed by atoms with Gasteiger partial charge in [-0.05, 0) is 31.4 Å². The molecule has 1 aliphatic carbocycles. The SMILES string of the molecule is CCN(CC1CC1)C1COc2ccccc2C1O. The summed E-state index contributed by atoms with van der Waals surface area (Å²) < 4.78 is 5.79. The van der Waals surface area contributed by atoms with Crippen LogP contribution >= 0.6 is 0 Å². The lowest BCUT2D eigenvalue weighted by atomic mass is 9.97. The topological polar surface area (TPSA) is 32.7 Å². The summed E-state index contributed by atoms with van der Waals surface area (Å²) in [5.41, 5.74) is 0.933. The van der Waals surface area contributed by atoms with Gasteiger partial charge in [0.15, 0.2) is 0 Å². The number of fused-ring (bicyclic) bond motifs is 1. The van der Waals surface area contributed by atoms with E-state index in [1.165, 1.54) is 12.8 Å². The van der Waals surface area contributed by atoms with Gasteiger partial charge < -0.3 is 9.84 Å². The minimum absolute atomic E-state index is 0.102. The Labute approximate surface area is 108 Å². The summed E-state index contributed by atoms with van der Waals surface area (Å²) in [5, 5.41) is 10.5. The highest BCUT2D eigenvalue weighted by atomic mass is 16.5. The molecule has 0 radical (unpaired) electrons. The first-order chi connectivity index (χ1) is 8.79. The molecule has 1 aromatic carbocycles. The van der Waals surface area contributed by atoms with Gasteiger partial charge in [-0.2, -0.15) is 0 Å². The standard InChI is InChI=1S/C15H21NO2/c1-2-16(9-11-7-8-11)13-10-18-14-6-4-3-5-12(14)15(13)17/h3-6,11,13,15,17H,2,7-10H2,1H3. The Morgan fingerprint density at radius 2 is 2.11 bits per heavy atom. The molecule has 98 valence electrons.